The fraction of sp³-hybridized carbons (Fsp3) is 0.125. The van der Waals surface area contributed by atoms with Gasteiger partial charge in [-0.15, -0.1) is 0 Å². The Morgan fingerprint density at radius 3 is 1.26 bits per heavy atom. The molecule has 4 aromatic rings. The van der Waals surface area contributed by atoms with E-state index >= 15 is 0 Å². The number of primary amides is 2. The molecule has 2 atom stereocenters. The number of carbonyl (C=O) groups is 4. The molecule has 0 saturated carbocycles. The van der Waals surface area contributed by atoms with Crippen molar-refractivity contribution in [1.82, 2.24) is 10.1 Å². The molecule has 0 aliphatic rings. The molecule has 4 N–H and O–H groups in total. The van der Waals surface area contributed by atoms with Crippen molar-refractivity contribution < 1.29 is 42.5 Å². The number of nitrogens with zero attached hydrogens (tertiary/aromatic N) is 2. The molecule has 2 unspecified atom stereocenters. The van der Waals surface area contributed by atoms with Crippen LogP contribution in [0, 0.1) is 0 Å². The van der Waals surface area contributed by atoms with Crippen LogP contribution in [0.4, 0.5) is 0 Å². The van der Waals surface area contributed by atoms with Crippen molar-refractivity contribution in [2.24, 2.45) is 11.5 Å². The summed E-state index contributed by atoms with van der Waals surface area (Å²) in [5, 5.41) is 1.61. The number of hydrogen-bond acceptors (Lipinski definition) is 9. The molecule has 4 rings (SSSR count). The highest BCUT2D eigenvalue weighted by atomic mass is 31.1. The van der Waals surface area contributed by atoms with Crippen molar-refractivity contribution in [3.05, 3.63) is 143 Å². The highest BCUT2D eigenvalue weighted by Crippen LogP contribution is 2.41. The Bertz CT molecular complexity index is 1500. The normalized spacial score (nSPS) is 12.8. The molecule has 0 saturated heterocycles. The lowest BCUT2D eigenvalue weighted by Gasteiger charge is -2.30. The number of hydrogen-bond donors (Lipinski definition) is 2. The molecular weight excluding hydrogens is 615 g/mol. The van der Waals surface area contributed by atoms with Crippen LogP contribution in [0.5, 0.6) is 0 Å². The summed E-state index contributed by atoms with van der Waals surface area (Å²) in [7, 11) is -3.60. The Kier molecular flexibility index (Phi) is 12.3. The van der Waals surface area contributed by atoms with Crippen molar-refractivity contribution in [1.29, 1.82) is 0 Å². The summed E-state index contributed by atoms with van der Waals surface area (Å²) in [5.74, 6) is -1.36. The van der Waals surface area contributed by atoms with Gasteiger partial charge in [-0.25, -0.2) is 0 Å². The number of rotatable bonds is 18. The SMILES string of the molecule is NC(=O)c1ccc(C(O[PH](=O)OC(c2ccc(C(N)=O)cc2)N(C=O)OCc2ccccc2)N(C=O)OCc2ccccc2)cc1. The van der Waals surface area contributed by atoms with Crippen molar-refractivity contribution in [2.45, 2.75) is 25.7 Å². The van der Waals surface area contributed by atoms with Gasteiger partial charge in [-0.05, 0) is 35.4 Å². The highest BCUT2D eigenvalue weighted by Gasteiger charge is 2.29. The van der Waals surface area contributed by atoms with Crippen LogP contribution in [0.3, 0.4) is 0 Å². The molecule has 0 radical (unpaired) electrons. The summed E-state index contributed by atoms with van der Waals surface area (Å²) < 4.78 is 25.1. The largest absolute Gasteiger partial charge is 0.366 e. The second-order valence-electron chi connectivity index (χ2n) is 9.61. The molecule has 14 heteroatoms. The van der Waals surface area contributed by atoms with E-state index in [0.29, 0.717) is 12.8 Å². The summed E-state index contributed by atoms with van der Waals surface area (Å²) in [6.07, 6.45) is -2.18. The quantitative estimate of drug-likeness (QED) is 0.0694. The van der Waals surface area contributed by atoms with Crippen molar-refractivity contribution in [2.75, 3.05) is 0 Å². The predicted octanol–water partition coefficient (Wildman–Crippen LogP) is 4.19. The number of hydroxylamine groups is 4. The van der Waals surface area contributed by atoms with Crippen LogP contribution in [-0.4, -0.2) is 34.8 Å². The first kappa shape index (κ1) is 33.7. The van der Waals surface area contributed by atoms with Gasteiger partial charge in [-0.3, -0.25) is 42.5 Å². The molecule has 4 aromatic carbocycles. The van der Waals surface area contributed by atoms with Gasteiger partial charge in [0.05, 0.1) is 0 Å². The van der Waals surface area contributed by atoms with Crippen LogP contribution in [0.25, 0.3) is 0 Å². The molecule has 13 nitrogen and oxygen atoms in total. The molecule has 0 aromatic heterocycles. The molecule has 4 amide bonds. The fourth-order valence-corrected chi connectivity index (χ4v) is 5.02. The lowest BCUT2D eigenvalue weighted by molar-refractivity contribution is -0.234. The summed E-state index contributed by atoms with van der Waals surface area (Å²) in [5.41, 5.74) is 13.1. The smallest absolute Gasteiger partial charge is 0.323 e. The van der Waals surface area contributed by atoms with E-state index in [1.54, 1.807) is 48.5 Å². The topological polar surface area (TPSA) is 181 Å². The van der Waals surface area contributed by atoms with E-state index in [2.05, 4.69) is 0 Å². The minimum atomic E-state index is -3.60. The molecular formula is C32H31N4O9P. The van der Waals surface area contributed by atoms with Gasteiger partial charge in [0.15, 0.2) is 12.5 Å². The van der Waals surface area contributed by atoms with Crippen LogP contribution in [0.15, 0.2) is 109 Å². The summed E-state index contributed by atoms with van der Waals surface area (Å²) in [4.78, 5) is 59.0. The number of carbonyl (C=O) groups excluding carboxylic acids is 4. The summed E-state index contributed by atoms with van der Waals surface area (Å²) in [6.45, 7) is -0.0800. The highest BCUT2D eigenvalue weighted by molar-refractivity contribution is 7.33. The van der Waals surface area contributed by atoms with Gasteiger partial charge in [0, 0.05) is 22.3 Å². The van der Waals surface area contributed by atoms with Gasteiger partial charge in [0.2, 0.25) is 24.6 Å². The first-order valence-electron chi connectivity index (χ1n) is 13.8. The lowest BCUT2D eigenvalue weighted by atomic mass is 10.1. The monoisotopic (exact) mass is 646 g/mol. The van der Waals surface area contributed by atoms with E-state index in [1.165, 1.54) is 48.5 Å². The van der Waals surface area contributed by atoms with E-state index in [0.717, 1.165) is 21.3 Å². The Balaban J connectivity index is 1.61. The average molecular weight is 647 g/mol. The first-order valence-corrected chi connectivity index (χ1v) is 15.0. The third-order valence-electron chi connectivity index (χ3n) is 6.49. The summed E-state index contributed by atoms with van der Waals surface area (Å²) in [6, 6.07) is 29.3. The molecule has 0 heterocycles. The second kappa shape index (κ2) is 16.8. The standard InChI is InChI=1S/C32H31N4O9P/c33-29(39)25-11-15-27(16-12-25)31(35(21-37)42-19-23-7-3-1-4-8-23)44-46(41)45-32(28-17-13-26(14-18-28)30(34)40)36(22-38)43-20-24-9-5-2-6-10-24/h1-18,21-22,31-32,46H,19-20H2,(H2,33,39)(H2,34,40). The molecule has 46 heavy (non-hydrogen) atoms. The van der Waals surface area contributed by atoms with E-state index in [9.17, 15) is 23.7 Å². The lowest BCUT2D eigenvalue weighted by Crippen LogP contribution is -2.30. The van der Waals surface area contributed by atoms with Gasteiger partial charge in [0.1, 0.15) is 13.2 Å². The average Bonchev–Trinajstić information content (AvgIpc) is 3.08. The molecule has 0 bridgehead atoms. The van der Waals surface area contributed by atoms with Gasteiger partial charge in [-0.1, -0.05) is 84.9 Å². The van der Waals surface area contributed by atoms with Crippen molar-refractivity contribution >= 4 is 32.9 Å². The minimum Gasteiger partial charge on any atom is -0.366 e. The molecule has 238 valence electrons. The zero-order valence-electron chi connectivity index (χ0n) is 24.3. The minimum absolute atomic E-state index is 0.0400. The van der Waals surface area contributed by atoms with Crippen LogP contribution < -0.4 is 11.5 Å². The number of nitrogens with two attached hydrogens (primary N) is 2. The van der Waals surface area contributed by atoms with E-state index < -0.39 is 32.5 Å². The Morgan fingerprint density at radius 1 is 0.609 bits per heavy atom. The van der Waals surface area contributed by atoms with Gasteiger partial charge < -0.3 is 11.5 Å². The third-order valence-corrected chi connectivity index (χ3v) is 7.32. The molecule has 0 spiro atoms. The van der Waals surface area contributed by atoms with Gasteiger partial charge >= 0.3 is 8.25 Å². The molecule has 0 aliphatic heterocycles. The van der Waals surface area contributed by atoms with Crippen LogP contribution in [0.1, 0.15) is 55.4 Å². The fourth-order valence-electron chi connectivity index (χ4n) is 4.12. The zero-order valence-corrected chi connectivity index (χ0v) is 25.3. The first-order chi connectivity index (χ1) is 22.3. The molecule has 0 fully saturated rings. The Labute approximate surface area is 265 Å². The number of benzene rings is 4. The maximum absolute atomic E-state index is 13.5. The zero-order chi connectivity index (χ0) is 32.9. The van der Waals surface area contributed by atoms with Crippen LogP contribution in [0.2, 0.25) is 0 Å². The maximum atomic E-state index is 13.5. The summed E-state index contributed by atoms with van der Waals surface area (Å²) >= 11 is 0. The van der Waals surface area contributed by atoms with Crippen molar-refractivity contribution in [3.63, 3.8) is 0 Å². The predicted molar refractivity (Wildman–Crippen MR) is 165 cm³/mol. The Hall–Kier alpha value is -5.17. The van der Waals surface area contributed by atoms with Gasteiger partial charge in [-0.2, -0.15) is 10.1 Å². The van der Waals surface area contributed by atoms with Crippen molar-refractivity contribution in [3.8, 4) is 0 Å². The third kappa shape index (κ3) is 9.41. The van der Waals surface area contributed by atoms with E-state index in [4.69, 9.17) is 30.2 Å². The second-order valence-corrected chi connectivity index (χ2v) is 10.6. The Morgan fingerprint density at radius 2 is 0.957 bits per heavy atom. The van der Waals surface area contributed by atoms with E-state index in [-0.39, 0.29) is 35.5 Å². The van der Waals surface area contributed by atoms with Gasteiger partial charge in [0.25, 0.3) is 0 Å². The molecule has 0 aliphatic carbocycles. The van der Waals surface area contributed by atoms with Crippen LogP contribution >= 0.6 is 8.25 Å². The van der Waals surface area contributed by atoms with E-state index in [1.807, 2.05) is 12.1 Å². The van der Waals surface area contributed by atoms with Crippen LogP contribution in [-0.2, 0) is 46.1 Å². The number of amides is 4. The maximum Gasteiger partial charge on any atom is 0.323 e.